The second-order valence-electron chi connectivity index (χ2n) is 10.6. The second-order valence-corrected chi connectivity index (χ2v) is 10.6. The lowest BCUT2D eigenvalue weighted by Crippen LogP contribution is -2.48. The summed E-state index contributed by atoms with van der Waals surface area (Å²) in [5.41, 5.74) is 1.51. The minimum Gasteiger partial charge on any atom is -0.493 e. The lowest BCUT2D eigenvalue weighted by molar-refractivity contribution is -0.0260. The zero-order chi connectivity index (χ0) is 20.8. The first kappa shape index (κ1) is 20.9. The molecule has 2 fully saturated rings. The smallest absolute Gasteiger partial charge is 0.161 e. The van der Waals surface area contributed by atoms with E-state index in [-0.39, 0.29) is 24.2 Å². The SMILES string of the molecule is COc1cc2c(cc1OCC1(F)CCC1)CCN1C[C@@H](CC(C)(C)C)[C@H](O)C[C@H]21. The number of hydrogen-bond acceptors (Lipinski definition) is 4. The van der Waals surface area contributed by atoms with E-state index in [0.717, 1.165) is 38.8 Å². The van der Waals surface area contributed by atoms with Crippen LogP contribution in [0.2, 0.25) is 0 Å². The van der Waals surface area contributed by atoms with E-state index in [1.807, 2.05) is 6.07 Å². The molecule has 1 saturated heterocycles. The monoisotopic (exact) mass is 405 g/mol. The quantitative estimate of drug-likeness (QED) is 0.772. The predicted molar refractivity (Wildman–Crippen MR) is 112 cm³/mol. The van der Waals surface area contributed by atoms with Gasteiger partial charge in [-0.3, -0.25) is 4.90 Å². The third kappa shape index (κ3) is 4.41. The van der Waals surface area contributed by atoms with Gasteiger partial charge >= 0.3 is 0 Å². The highest BCUT2D eigenvalue weighted by Crippen LogP contribution is 2.45. The Kier molecular flexibility index (Phi) is 5.58. The average molecular weight is 406 g/mol. The molecular formula is C24H36FNO3. The summed E-state index contributed by atoms with van der Waals surface area (Å²) in [7, 11) is 1.64. The molecule has 3 atom stereocenters. The Morgan fingerprint density at radius 1 is 1.24 bits per heavy atom. The molecule has 1 N–H and O–H groups in total. The second kappa shape index (κ2) is 7.73. The first-order valence-electron chi connectivity index (χ1n) is 11.1. The van der Waals surface area contributed by atoms with Crippen molar-refractivity contribution in [3.8, 4) is 11.5 Å². The minimum absolute atomic E-state index is 0.102. The number of nitrogens with zero attached hydrogens (tertiary/aromatic N) is 1. The number of fused-ring (bicyclic) bond motifs is 3. The summed E-state index contributed by atoms with van der Waals surface area (Å²) < 4.78 is 25.8. The molecule has 0 radical (unpaired) electrons. The van der Waals surface area contributed by atoms with Gasteiger partial charge in [0.2, 0.25) is 0 Å². The van der Waals surface area contributed by atoms with Crippen LogP contribution < -0.4 is 9.47 Å². The third-order valence-corrected chi connectivity index (χ3v) is 6.98. The van der Waals surface area contributed by atoms with Crippen LogP contribution in [0.1, 0.15) is 70.0 Å². The number of ether oxygens (including phenoxy) is 2. The maximum Gasteiger partial charge on any atom is 0.161 e. The van der Waals surface area contributed by atoms with Crippen molar-refractivity contribution in [2.24, 2.45) is 11.3 Å². The molecule has 1 aromatic rings. The Balaban J connectivity index is 1.52. The minimum atomic E-state index is -1.17. The molecule has 0 aromatic heterocycles. The van der Waals surface area contributed by atoms with Crippen molar-refractivity contribution in [3.05, 3.63) is 23.3 Å². The molecule has 4 nitrogen and oxygen atoms in total. The zero-order valence-electron chi connectivity index (χ0n) is 18.3. The molecule has 2 heterocycles. The number of aliphatic hydroxyl groups is 1. The zero-order valence-corrected chi connectivity index (χ0v) is 18.3. The van der Waals surface area contributed by atoms with Crippen molar-refractivity contribution in [1.82, 2.24) is 4.90 Å². The summed E-state index contributed by atoms with van der Waals surface area (Å²) >= 11 is 0. The maximum absolute atomic E-state index is 14.4. The average Bonchev–Trinajstić information content (AvgIpc) is 2.63. The lowest BCUT2D eigenvalue weighted by Gasteiger charge is -2.47. The van der Waals surface area contributed by atoms with Gasteiger partial charge in [-0.05, 0) is 73.1 Å². The Labute approximate surface area is 174 Å². The topological polar surface area (TPSA) is 41.9 Å². The summed E-state index contributed by atoms with van der Waals surface area (Å²) in [6.45, 7) is 8.76. The Morgan fingerprint density at radius 3 is 2.62 bits per heavy atom. The molecule has 0 amide bonds. The Bertz CT molecular complexity index is 740. The molecule has 1 aliphatic carbocycles. The van der Waals surface area contributed by atoms with Gasteiger partial charge in [0.25, 0.3) is 0 Å². The number of hydrogen-bond donors (Lipinski definition) is 1. The van der Waals surface area contributed by atoms with Crippen LogP contribution in [-0.2, 0) is 6.42 Å². The first-order chi connectivity index (χ1) is 13.7. The number of alkyl halides is 1. The predicted octanol–water partition coefficient (Wildman–Crippen LogP) is 4.68. The van der Waals surface area contributed by atoms with Gasteiger partial charge in [-0.1, -0.05) is 20.8 Å². The molecule has 1 aromatic carbocycles. The number of aliphatic hydroxyl groups excluding tert-OH is 1. The fraction of sp³-hybridized carbons (Fsp3) is 0.750. The van der Waals surface area contributed by atoms with Crippen molar-refractivity contribution in [2.45, 2.75) is 77.1 Å². The van der Waals surface area contributed by atoms with Crippen LogP contribution in [0.3, 0.4) is 0 Å². The normalized spacial score (nSPS) is 28.8. The van der Waals surface area contributed by atoms with Crippen molar-refractivity contribution in [1.29, 1.82) is 0 Å². The van der Waals surface area contributed by atoms with Crippen LogP contribution in [0, 0.1) is 11.3 Å². The van der Waals surface area contributed by atoms with Crippen molar-refractivity contribution in [2.75, 3.05) is 26.8 Å². The molecule has 3 aliphatic rings. The van der Waals surface area contributed by atoms with Gasteiger partial charge in [-0.15, -0.1) is 0 Å². The lowest BCUT2D eigenvalue weighted by atomic mass is 9.75. The standard InChI is InChI=1S/C24H36FNO3/c1-23(2,3)13-17-14-26-9-6-16-10-22(29-15-24(25)7-5-8-24)21(28-4)11-18(16)19(26)12-20(17)27/h10-11,17,19-20,27H,5-9,12-15H2,1-4H3/t17-,19-,20-/m1/s1. The molecule has 0 unspecified atom stereocenters. The molecule has 1 saturated carbocycles. The fourth-order valence-electron chi connectivity index (χ4n) is 5.27. The third-order valence-electron chi connectivity index (χ3n) is 6.98. The van der Waals surface area contributed by atoms with E-state index in [0.29, 0.717) is 30.3 Å². The van der Waals surface area contributed by atoms with Gasteiger partial charge in [-0.2, -0.15) is 0 Å². The summed E-state index contributed by atoms with van der Waals surface area (Å²) in [5, 5.41) is 10.9. The molecule has 0 bridgehead atoms. The molecule has 29 heavy (non-hydrogen) atoms. The van der Waals surface area contributed by atoms with Crippen LogP contribution in [-0.4, -0.2) is 48.6 Å². The van der Waals surface area contributed by atoms with E-state index < -0.39 is 5.67 Å². The van der Waals surface area contributed by atoms with Crippen LogP contribution in [0.25, 0.3) is 0 Å². The number of benzene rings is 1. The summed E-state index contributed by atoms with van der Waals surface area (Å²) in [4.78, 5) is 2.52. The number of piperidine rings is 1. The fourth-order valence-corrected chi connectivity index (χ4v) is 5.27. The van der Waals surface area contributed by atoms with Gasteiger partial charge in [-0.25, -0.2) is 4.39 Å². The molecule has 2 aliphatic heterocycles. The van der Waals surface area contributed by atoms with E-state index in [4.69, 9.17) is 9.47 Å². The molecule has 4 rings (SSSR count). The van der Waals surface area contributed by atoms with Gasteiger partial charge in [0.15, 0.2) is 11.5 Å². The first-order valence-corrected chi connectivity index (χ1v) is 11.1. The van der Waals surface area contributed by atoms with E-state index in [9.17, 15) is 9.50 Å². The van der Waals surface area contributed by atoms with Gasteiger partial charge in [0, 0.05) is 19.1 Å². The molecule has 162 valence electrons. The van der Waals surface area contributed by atoms with Crippen molar-refractivity contribution in [3.63, 3.8) is 0 Å². The highest BCUT2D eigenvalue weighted by Gasteiger charge is 2.41. The van der Waals surface area contributed by atoms with E-state index >= 15 is 0 Å². The maximum atomic E-state index is 14.4. The van der Waals surface area contributed by atoms with Crippen LogP contribution in [0.15, 0.2) is 12.1 Å². The summed E-state index contributed by atoms with van der Waals surface area (Å²) in [5.74, 6) is 1.63. The highest BCUT2D eigenvalue weighted by molar-refractivity contribution is 5.49. The number of rotatable bonds is 5. The Hall–Kier alpha value is -1.33. The van der Waals surface area contributed by atoms with E-state index in [1.165, 1.54) is 11.1 Å². The molecule has 0 spiro atoms. The van der Waals surface area contributed by atoms with E-state index in [2.05, 4.69) is 31.7 Å². The van der Waals surface area contributed by atoms with E-state index in [1.54, 1.807) is 7.11 Å². The Morgan fingerprint density at radius 2 is 2.00 bits per heavy atom. The van der Waals surface area contributed by atoms with Crippen molar-refractivity contribution >= 4 is 0 Å². The summed E-state index contributed by atoms with van der Waals surface area (Å²) in [6, 6.07) is 4.32. The summed E-state index contributed by atoms with van der Waals surface area (Å²) in [6.07, 6.45) is 4.57. The van der Waals surface area contributed by atoms with Gasteiger partial charge < -0.3 is 14.6 Å². The number of methoxy groups -OCH3 is 1. The van der Waals surface area contributed by atoms with Gasteiger partial charge in [0.05, 0.1) is 13.2 Å². The molecule has 5 heteroatoms. The molecular weight excluding hydrogens is 369 g/mol. The van der Waals surface area contributed by atoms with Crippen LogP contribution in [0.4, 0.5) is 4.39 Å². The van der Waals surface area contributed by atoms with Gasteiger partial charge in [0.1, 0.15) is 12.3 Å². The van der Waals surface area contributed by atoms with Crippen LogP contribution in [0.5, 0.6) is 11.5 Å². The van der Waals surface area contributed by atoms with Crippen molar-refractivity contribution < 1.29 is 19.0 Å². The highest BCUT2D eigenvalue weighted by atomic mass is 19.1. The largest absolute Gasteiger partial charge is 0.493 e. The number of halogens is 1. The van der Waals surface area contributed by atoms with Crippen LogP contribution >= 0.6 is 0 Å².